The van der Waals surface area contributed by atoms with Crippen LogP contribution in [-0.4, -0.2) is 41.6 Å². The smallest absolute Gasteiger partial charge is 0.340 e. The zero-order valence-corrected chi connectivity index (χ0v) is 15.3. The lowest BCUT2D eigenvalue weighted by Crippen LogP contribution is -2.17. The van der Waals surface area contributed by atoms with E-state index in [1.165, 1.54) is 6.20 Å². The number of aryl methyl sites for hydroxylation is 2. The average molecular weight is 344 g/mol. The molecule has 1 atom stereocenters. The maximum absolute atomic E-state index is 12.5. The minimum atomic E-state index is -0.553. The van der Waals surface area contributed by atoms with Crippen molar-refractivity contribution >= 4 is 11.8 Å². The first-order chi connectivity index (χ1) is 11.8. The van der Waals surface area contributed by atoms with Crippen LogP contribution in [0, 0.1) is 20.8 Å². The minimum absolute atomic E-state index is 0.118. The van der Waals surface area contributed by atoms with Crippen molar-refractivity contribution in [2.24, 2.45) is 0 Å². The number of Topliss-reactive ketones (excluding diaryl/α,β-unsaturated/α-hetero) is 1. The molecule has 0 aromatic carbocycles. The summed E-state index contributed by atoms with van der Waals surface area (Å²) in [5.74, 6) is -0.778. The van der Waals surface area contributed by atoms with Crippen molar-refractivity contribution in [2.45, 2.75) is 33.7 Å². The minimum Gasteiger partial charge on any atom is -0.454 e. The number of hydrogen-bond donors (Lipinski definition) is 0. The van der Waals surface area contributed by atoms with Crippen LogP contribution >= 0.6 is 0 Å². The number of nitrogens with zero attached hydrogens (tertiary/aromatic N) is 2. The molecule has 0 saturated heterocycles. The van der Waals surface area contributed by atoms with Crippen LogP contribution in [0.5, 0.6) is 0 Å². The fourth-order valence-electron chi connectivity index (χ4n) is 2.93. The van der Waals surface area contributed by atoms with Crippen molar-refractivity contribution in [1.29, 1.82) is 0 Å². The molecule has 2 heterocycles. The summed E-state index contributed by atoms with van der Waals surface area (Å²) in [6.45, 7) is 7.95. The molecule has 0 spiro atoms. The van der Waals surface area contributed by atoms with Gasteiger partial charge in [-0.15, -0.1) is 0 Å². The van der Waals surface area contributed by atoms with E-state index in [-0.39, 0.29) is 18.4 Å². The quantitative estimate of drug-likeness (QED) is 0.570. The van der Waals surface area contributed by atoms with Crippen molar-refractivity contribution in [3.05, 3.63) is 52.6 Å². The van der Waals surface area contributed by atoms with Crippen LogP contribution in [0.2, 0.25) is 0 Å². The first-order valence-corrected chi connectivity index (χ1v) is 8.15. The van der Waals surface area contributed by atoms with E-state index in [1.54, 1.807) is 19.2 Å². The lowest BCUT2D eigenvalue weighted by molar-refractivity contribution is 0.0474. The Morgan fingerprint density at radius 1 is 1.24 bits per heavy atom. The molecule has 0 bridgehead atoms. The van der Waals surface area contributed by atoms with Gasteiger partial charge in [-0.1, -0.05) is 0 Å². The number of carbonyl (C=O) groups is 2. The highest BCUT2D eigenvalue weighted by atomic mass is 16.5. The molecule has 0 aliphatic rings. The summed E-state index contributed by atoms with van der Waals surface area (Å²) in [6, 6.07) is 5.30. The molecule has 0 aliphatic carbocycles. The van der Waals surface area contributed by atoms with Crippen LogP contribution in [0.25, 0.3) is 0 Å². The SMILES string of the molecule is COCC(C)n1c(C)cc(C(=O)COC(=O)c2ccc(C)nc2)c1C. The first kappa shape index (κ1) is 18.9. The number of pyridine rings is 1. The van der Waals surface area contributed by atoms with E-state index in [0.717, 1.165) is 17.1 Å². The molecular weight excluding hydrogens is 320 g/mol. The second-order valence-electron chi connectivity index (χ2n) is 6.15. The summed E-state index contributed by atoms with van der Waals surface area (Å²) in [4.78, 5) is 28.5. The predicted molar refractivity (Wildman–Crippen MR) is 94.1 cm³/mol. The van der Waals surface area contributed by atoms with E-state index in [2.05, 4.69) is 9.55 Å². The summed E-state index contributed by atoms with van der Waals surface area (Å²) < 4.78 is 12.4. The number of aromatic nitrogens is 2. The summed E-state index contributed by atoms with van der Waals surface area (Å²) in [5.41, 5.74) is 3.53. The van der Waals surface area contributed by atoms with Crippen LogP contribution in [0.15, 0.2) is 24.4 Å². The molecule has 134 valence electrons. The molecule has 0 fully saturated rings. The summed E-state index contributed by atoms with van der Waals surface area (Å²) in [7, 11) is 1.65. The molecule has 0 saturated carbocycles. The van der Waals surface area contributed by atoms with E-state index in [4.69, 9.17) is 9.47 Å². The van der Waals surface area contributed by atoms with Gasteiger partial charge < -0.3 is 14.0 Å². The Kier molecular flexibility index (Phi) is 6.09. The Balaban J connectivity index is 2.07. The van der Waals surface area contributed by atoms with Crippen molar-refractivity contribution < 1.29 is 19.1 Å². The van der Waals surface area contributed by atoms with E-state index in [0.29, 0.717) is 17.7 Å². The molecule has 0 N–H and O–H groups in total. The molecule has 2 aromatic rings. The highest BCUT2D eigenvalue weighted by Gasteiger charge is 2.20. The zero-order valence-electron chi connectivity index (χ0n) is 15.3. The normalized spacial score (nSPS) is 12.0. The largest absolute Gasteiger partial charge is 0.454 e. The third-order valence-electron chi connectivity index (χ3n) is 4.11. The molecule has 0 aliphatic heterocycles. The third-order valence-corrected chi connectivity index (χ3v) is 4.11. The van der Waals surface area contributed by atoms with Gasteiger partial charge in [0.05, 0.1) is 18.2 Å². The van der Waals surface area contributed by atoms with Crippen molar-refractivity contribution in [2.75, 3.05) is 20.3 Å². The van der Waals surface area contributed by atoms with Crippen LogP contribution in [0.3, 0.4) is 0 Å². The summed E-state index contributed by atoms with van der Waals surface area (Å²) in [5, 5.41) is 0. The van der Waals surface area contributed by atoms with Crippen LogP contribution < -0.4 is 0 Å². The van der Waals surface area contributed by atoms with Gasteiger partial charge in [-0.05, 0) is 45.9 Å². The zero-order chi connectivity index (χ0) is 18.6. The van der Waals surface area contributed by atoms with Crippen LogP contribution in [0.4, 0.5) is 0 Å². The Morgan fingerprint density at radius 2 is 1.96 bits per heavy atom. The first-order valence-electron chi connectivity index (χ1n) is 8.15. The molecule has 6 heteroatoms. The molecule has 0 radical (unpaired) electrons. The van der Waals surface area contributed by atoms with Crippen LogP contribution in [-0.2, 0) is 9.47 Å². The topological polar surface area (TPSA) is 70.4 Å². The van der Waals surface area contributed by atoms with Crippen molar-refractivity contribution in [3.63, 3.8) is 0 Å². The van der Waals surface area contributed by atoms with Gasteiger partial charge >= 0.3 is 5.97 Å². The number of esters is 1. The average Bonchev–Trinajstić information content (AvgIpc) is 2.88. The molecule has 1 unspecified atom stereocenters. The number of rotatable bonds is 7. The number of carbonyl (C=O) groups excluding carboxylic acids is 2. The maximum Gasteiger partial charge on any atom is 0.340 e. The van der Waals surface area contributed by atoms with Gasteiger partial charge in [-0.3, -0.25) is 9.78 Å². The molecule has 2 aromatic heterocycles. The Labute approximate surface area is 147 Å². The Hall–Kier alpha value is -2.47. The molecule has 6 nitrogen and oxygen atoms in total. The number of methoxy groups -OCH3 is 1. The van der Waals surface area contributed by atoms with Gasteiger partial charge in [0.25, 0.3) is 0 Å². The summed E-state index contributed by atoms with van der Waals surface area (Å²) in [6.07, 6.45) is 1.44. The second-order valence-corrected chi connectivity index (χ2v) is 6.15. The van der Waals surface area contributed by atoms with Gasteiger partial charge in [0.2, 0.25) is 5.78 Å². The van der Waals surface area contributed by atoms with E-state index < -0.39 is 5.97 Å². The van der Waals surface area contributed by atoms with Gasteiger partial charge in [0.1, 0.15) is 0 Å². The van der Waals surface area contributed by atoms with Crippen molar-refractivity contribution in [1.82, 2.24) is 9.55 Å². The van der Waals surface area contributed by atoms with Crippen molar-refractivity contribution in [3.8, 4) is 0 Å². The van der Waals surface area contributed by atoms with E-state index in [9.17, 15) is 9.59 Å². The van der Waals surface area contributed by atoms with Gasteiger partial charge in [0, 0.05) is 36.0 Å². The van der Waals surface area contributed by atoms with E-state index in [1.807, 2.05) is 33.8 Å². The molecule has 0 amide bonds. The van der Waals surface area contributed by atoms with E-state index >= 15 is 0 Å². The van der Waals surface area contributed by atoms with Gasteiger partial charge in [-0.25, -0.2) is 4.79 Å². The second kappa shape index (κ2) is 8.07. The molecular formula is C19H24N2O4. The van der Waals surface area contributed by atoms with Gasteiger partial charge in [-0.2, -0.15) is 0 Å². The Bertz CT molecular complexity index is 762. The summed E-state index contributed by atoms with van der Waals surface area (Å²) >= 11 is 0. The number of ketones is 1. The highest BCUT2D eigenvalue weighted by molar-refractivity contribution is 6.00. The lowest BCUT2D eigenvalue weighted by Gasteiger charge is -2.17. The third kappa shape index (κ3) is 4.33. The monoisotopic (exact) mass is 344 g/mol. The van der Waals surface area contributed by atoms with Crippen LogP contribution in [0.1, 0.15) is 50.8 Å². The Morgan fingerprint density at radius 3 is 2.56 bits per heavy atom. The standard InChI is InChI=1S/C19H24N2O4/c1-12-6-7-16(9-20-12)19(23)25-11-18(22)17-8-13(2)21(15(17)4)14(3)10-24-5/h6-9,14H,10-11H2,1-5H3. The fourth-order valence-corrected chi connectivity index (χ4v) is 2.93. The predicted octanol–water partition coefficient (Wildman–Crippen LogP) is 3.06. The lowest BCUT2D eigenvalue weighted by atomic mass is 10.1. The maximum atomic E-state index is 12.5. The fraction of sp³-hybridized carbons (Fsp3) is 0.421. The molecule has 25 heavy (non-hydrogen) atoms. The molecule has 2 rings (SSSR count). The number of hydrogen-bond acceptors (Lipinski definition) is 5. The number of ether oxygens (including phenoxy) is 2. The highest BCUT2D eigenvalue weighted by Crippen LogP contribution is 2.21. The van der Waals surface area contributed by atoms with Gasteiger partial charge in [0.15, 0.2) is 6.61 Å².